The maximum Gasteiger partial charge on any atom is 0.345 e. The van der Waals surface area contributed by atoms with Crippen molar-refractivity contribution in [2.24, 2.45) is 0 Å². The van der Waals surface area contributed by atoms with Gasteiger partial charge in [-0.1, -0.05) is 6.07 Å². The minimum atomic E-state index is -3.70. The van der Waals surface area contributed by atoms with Crippen molar-refractivity contribution < 1.29 is 18.3 Å². The van der Waals surface area contributed by atoms with Crippen LogP contribution in [0.2, 0.25) is 0 Å². The number of aryl methyl sites for hydroxylation is 1. The summed E-state index contributed by atoms with van der Waals surface area (Å²) in [4.78, 5) is 15.5. The first kappa shape index (κ1) is 15.6. The number of aromatic carboxylic acids is 1. The summed E-state index contributed by atoms with van der Waals surface area (Å²) in [6.07, 6.45) is 2.11. The molecule has 0 aromatic carbocycles. The van der Waals surface area contributed by atoms with Crippen molar-refractivity contribution in [3.63, 3.8) is 0 Å². The number of carboxylic acids is 1. The van der Waals surface area contributed by atoms with Crippen LogP contribution in [0.3, 0.4) is 0 Å². The van der Waals surface area contributed by atoms with Crippen molar-refractivity contribution in [3.8, 4) is 0 Å². The summed E-state index contributed by atoms with van der Waals surface area (Å²) in [5, 5.41) is 8.90. The third-order valence-electron chi connectivity index (χ3n) is 2.77. The molecule has 0 saturated heterocycles. The van der Waals surface area contributed by atoms with Crippen LogP contribution >= 0.6 is 11.3 Å². The van der Waals surface area contributed by atoms with Crippen molar-refractivity contribution in [2.75, 3.05) is 6.54 Å². The second-order valence-electron chi connectivity index (χ2n) is 4.31. The van der Waals surface area contributed by atoms with E-state index in [0.29, 0.717) is 11.3 Å². The minimum absolute atomic E-state index is 0.0117. The van der Waals surface area contributed by atoms with Crippen LogP contribution in [0.25, 0.3) is 0 Å². The van der Waals surface area contributed by atoms with Crippen LogP contribution < -0.4 is 4.72 Å². The average molecular weight is 326 g/mol. The number of hydrogen-bond acceptors (Lipinski definition) is 5. The van der Waals surface area contributed by atoms with E-state index in [1.807, 2.05) is 12.1 Å². The first-order valence-electron chi connectivity index (χ1n) is 6.13. The van der Waals surface area contributed by atoms with Crippen molar-refractivity contribution in [1.82, 2.24) is 9.71 Å². The number of rotatable bonds is 6. The summed E-state index contributed by atoms with van der Waals surface area (Å²) in [7, 11) is -3.70. The third-order valence-corrected chi connectivity index (χ3v) is 5.53. The van der Waals surface area contributed by atoms with Crippen molar-refractivity contribution in [2.45, 2.75) is 18.2 Å². The molecule has 2 N–H and O–H groups in total. The number of hydrogen-bond donors (Lipinski definition) is 2. The number of aromatic nitrogens is 1. The van der Waals surface area contributed by atoms with Crippen LogP contribution in [0.4, 0.5) is 0 Å². The molecule has 0 saturated carbocycles. The number of pyridine rings is 1. The quantitative estimate of drug-likeness (QED) is 0.842. The van der Waals surface area contributed by atoms with Gasteiger partial charge in [-0.2, -0.15) is 0 Å². The van der Waals surface area contributed by atoms with Gasteiger partial charge >= 0.3 is 5.97 Å². The van der Waals surface area contributed by atoms with Gasteiger partial charge in [0.05, 0.1) is 4.90 Å². The molecule has 0 aliphatic heterocycles. The minimum Gasteiger partial charge on any atom is -0.477 e. The van der Waals surface area contributed by atoms with E-state index in [1.54, 1.807) is 19.2 Å². The van der Waals surface area contributed by atoms with Gasteiger partial charge in [0.15, 0.2) is 0 Å². The molecule has 0 fully saturated rings. The highest BCUT2D eigenvalue weighted by Crippen LogP contribution is 2.25. The first-order chi connectivity index (χ1) is 9.90. The number of sulfonamides is 1. The highest BCUT2D eigenvalue weighted by atomic mass is 32.2. The number of carboxylic acid groups (broad SMARTS) is 1. The first-order valence-corrected chi connectivity index (χ1v) is 8.43. The van der Waals surface area contributed by atoms with Gasteiger partial charge in [0.25, 0.3) is 0 Å². The van der Waals surface area contributed by atoms with Crippen molar-refractivity contribution in [1.29, 1.82) is 0 Å². The van der Waals surface area contributed by atoms with E-state index < -0.39 is 16.0 Å². The summed E-state index contributed by atoms with van der Waals surface area (Å²) in [6, 6.07) is 6.62. The maximum atomic E-state index is 12.2. The van der Waals surface area contributed by atoms with Crippen LogP contribution in [0, 0.1) is 6.92 Å². The monoisotopic (exact) mass is 326 g/mol. The molecule has 0 aliphatic rings. The lowest BCUT2D eigenvalue weighted by Crippen LogP contribution is -2.26. The molecular formula is C13H14N2O4S2. The summed E-state index contributed by atoms with van der Waals surface area (Å²) in [5.74, 6) is -1.13. The normalized spacial score (nSPS) is 11.5. The van der Waals surface area contributed by atoms with E-state index >= 15 is 0 Å². The molecule has 0 radical (unpaired) electrons. The Balaban J connectivity index is 2.07. The SMILES string of the molecule is Cc1sc(C(=O)O)cc1S(=O)(=O)NCCc1ccccn1. The highest BCUT2D eigenvalue weighted by molar-refractivity contribution is 7.89. The van der Waals surface area contributed by atoms with Crippen LogP contribution in [-0.4, -0.2) is 31.0 Å². The van der Waals surface area contributed by atoms with E-state index in [4.69, 9.17) is 5.11 Å². The molecule has 2 aromatic rings. The zero-order valence-electron chi connectivity index (χ0n) is 11.2. The van der Waals surface area contributed by atoms with Gasteiger partial charge < -0.3 is 5.11 Å². The second-order valence-corrected chi connectivity index (χ2v) is 7.30. The molecule has 2 aromatic heterocycles. The lowest BCUT2D eigenvalue weighted by atomic mass is 10.3. The standard InChI is InChI=1S/C13H14N2O4S2/c1-9-12(8-11(20-9)13(16)17)21(18,19)15-7-5-10-4-2-3-6-14-10/h2-4,6,8,15H,5,7H2,1H3,(H,16,17). The summed E-state index contributed by atoms with van der Waals surface area (Å²) < 4.78 is 26.8. The molecule has 8 heteroatoms. The number of nitrogens with zero attached hydrogens (tertiary/aromatic N) is 1. The molecule has 0 bridgehead atoms. The lowest BCUT2D eigenvalue weighted by Gasteiger charge is -2.05. The fourth-order valence-electron chi connectivity index (χ4n) is 1.77. The van der Waals surface area contributed by atoms with Crippen LogP contribution in [0.1, 0.15) is 20.2 Å². The predicted octanol–water partition coefficient (Wildman–Crippen LogP) is 1.67. The largest absolute Gasteiger partial charge is 0.477 e. The van der Waals surface area contributed by atoms with Crippen molar-refractivity contribution in [3.05, 3.63) is 45.9 Å². The summed E-state index contributed by atoms with van der Waals surface area (Å²) >= 11 is 0.948. The maximum absolute atomic E-state index is 12.2. The molecule has 0 aliphatic carbocycles. The van der Waals surface area contributed by atoms with E-state index in [1.165, 1.54) is 6.07 Å². The lowest BCUT2D eigenvalue weighted by molar-refractivity contribution is 0.0702. The Labute approximate surface area is 126 Å². The van der Waals surface area contributed by atoms with Gasteiger partial charge in [-0.3, -0.25) is 4.98 Å². The van der Waals surface area contributed by atoms with Gasteiger partial charge in [0, 0.05) is 29.7 Å². The van der Waals surface area contributed by atoms with E-state index in [-0.39, 0.29) is 16.3 Å². The Hall–Kier alpha value is -1.77. The zero-order chi connectivity index (χ0) is 15.5. The molecule has 21 heavy (non-hydrogen) atoms. The molecular weight excluding hydrogens is 312 g/mol. The fourth-order valence-corrected chi connectivity index (χ4v) is 4.23. The fraction of sp³-hybridized carbons (Fsp3) is 0.231. The van der Waals surface area contributed by atoms with Gasteiger partial charge in [-0.25, -0.2) is 17.9 Å². The Bertz CT molecular complexity index is 739. The highest BCUT2D eigenvalue weighted by Gasteiger charge is 2.21. The zero-order valence-corrected chi connectivity index (χ0v) is 12.9. The average Bonchev–Trinajstić information content (AvgIpc) is 2.83. The van der Waals surface area contributed by atoms with Gasteiger partial charge in [0.2, 0.25) is 10.0 Å². The topological polar surface area (TPSA) is 96.4 Å². The number of nitrogens with one attached hydrogen (secondary N) is 1. The number of thiophene rings is 1. The van der Waals surface area contributed by atoms with E-state index in [2.05, 4.69) is 9.71 Å². The van der Waals surface area contributed by atoms with Crippen molar-refractivity contribution >= 4 is 27.3 Å². The molecule has 2 rings (SSSR count). The molecule has 0 amide bonds. The molecule has 2 heterocycles. The number of carbonyl (C=O) groups is 1. The molecule has 112 valence electrons. The van der Waals surface area contributed by atoms with Crippen LogP contribution in [-0.2, 0) is 16.4 Å². The Kier molecular flexibility index (Phi) is 4.71. The smallest absolute Gasteiger partial charge is 0.345 e. The Morgan fingerprint density at radius 1 is 1.43 bits per heavy atom. The molecule has 0 spiro atoms. The summed E-state index contributed by atoms with van der Waals surface area (Å²) in [6.45, 7) is 1.79. The van der Waals surface area contributed by atoms with Crippen LogP contribution in [0.15, 0.2) is 35.4 Å². The predicted molar refractivity (Wildman–Crippen MR) is 79.1 cm³/mol. The van der Waals surface area contributed by atoms with Crippen LogP contribution in [0.5, 0.6) is 0 Å². The van der Waals surface area contributed by atoms with E-state index in [0.717, 1.165) is 17.0 Å². The Morgan fingerprint density at radius 3 is 2.76 bits per heavy atom. The molecule has 0 atom stereocenters. The van der Waals surface area contributed by atoms with Gasteiger partial charge in [0.1, 0.15) is 4.88 Å². The molecule has 6 nitrogen and oxygen atoms in total. The van der Waals surface area contributed by atoms with Gasteiger partial charge in [-0.15, -0.1) is 11.3 Å². The van der Waals surface area contributed by atoms with E-state index in [9.17, 15) is 13.2 Å². The second kappa shape index (κ2) is 6.33. The third kappa shape index (κ3) is 3.87. The Morgan fingerprint density at radius 2 is 2.19 bits per heavy atom. The summed E-state index contributed by atoms with van der Waals surface area (Å²) in [5.41, 5.74) is 0.786. The van der Waals surface area contributed by atoms with Gasteiger partial charge in [-0.05, 0) is 25.1 Å². The molecule has 0 unspecified atom stereocenters.